The van der Waals surface area contributed by atoms with Crippen LogP contribution in [-0.4, -0.2) is 24.3 Å². The summed E-state index contributed by atoms with van der Waals surface area (Å²) in [5.41, 5.74) is 0. The van der Waals surface area contributed by atoms with Gasteiger partial charge < -0.3 is 0 Å². The molecule has 0 spiro atoms. The van der Waals surface area contributed by atoms with Crippen molar-refractivity contribution in [3.05, 3.63) is 0 Å². The van der Waals surface area contributed by atoms with Crippen molar-refractivity contribution in [1.29, 1.82) is 5.26 Å². The fourth-order valence-electron chi connectivity index (χ4n) is 1.08. The molecule has 1 aliphatic heterocycles. The first-order valence-electron chi connectivity index (χ1n) is 3.90. The van der Waals surface area contributed by atoms with Gasteiger partial charge in [-0.3, -0.25) is 5.01 Å². The SMILES string of the molecule is CC1C=NN(CC#N)CC1C. The smallest absolute Gasteiger partial charge is 0.123 e. The lowest BCUT2D eigenvalue weighted by atomic mass is 9.96. The Balaban J connectivity index is 2.51. The molecule has 1 rings (SSSR count). The molecule has 0 radical (unpaired) electrons. The normalized spacial score (nSPS) is 30.1. The molecule has 0 aromatic carbocycles. The summed E-state index contributed by atoms with van der Waals surface area (Å²) >= 11 is 0. The lowest BCUT2D eigenvalue weighted by Crippen LogP contribution is -2.32. The molecular formula is C8H13N3. The van der Waals surface area contributed by atoms with Gasteiger partial charge in [-0.1, -0.05) is 13.8 Å². The van der Waals surface area contributed by atoms with E-state index in [-0.39, 0.29) is 0 Å². The maximum absolute atomic E-state index is 8.41. The third-order valence-electron chi connectivity index (χ3n) is 2.11. The van der Waals surface area contributed by atoms with Crippen LogP contribution in [0.15, 0.2) is 5.10 Å². The van der Waals surface area contributed by atoms with Gasteiger partial charge in [0.15, 0.2) is 0 Å². The van der Waals surface area contributed by atoms with Crippen LogP contribution < -0.4 is 0 Å². The van der Waals surface area contributed by atoms with E-state index in [9.17, 15) is 0 Å². The standard InChI is InChI=1S/C8H13N3/c1-7-5-10-11(4-3-9)6-8(7)2/h5,7-8H,4,6H2,1-2H3. The maximum atomic E-state index is 8.41. The van der Waals surface area contributed by atoms with E-state index in [1.165, 1.54) is 0 Å². The molecule has 2 atom stereocenters. The summed E-state index contributed by atoms with van der Waals surface area (Å²) in [6.07, 6.45) is 1.92. The minimum Gasteiger partial charge on any atom is -0.283 e. The van der Waals surface area contributed by atoms with Gasteiger partial charge in [-0.25, -0.2) is 0 Å². The molecule has 60 valence electrons. The van der Waals surface area contributed by atoms with Crippen LogP contribution >= 0.6 is 0 Å². The van der Waals surface area contributed by atoms with Crippen LogP contribution in [-0.2, 0) is 0 Å². The molecule has 3 nitrogen and oxygen atoms in total. The van der Waals surface area contributed by atoms with Crippen LogP contribution in [0, 0.1) is 23.2 Å². The Labute approximate surface area is 67.3 Å². The van der Waals surface area contributed by atoms with Crippen LogP contribution in [0.5, 0.6) is 0 Å². The van der Waals surface area contributed by atoms with Gasteiger partial charge in [-0.05, 0) is 11.8 Å². The topological polar surface area (TPSA) is 39.4 Å². The van der Waals surface area contributed by atoms with Crippen LogP contribution in [0.3, 0.4) is 0 Å². The number of nitrogens with zero attached hydrogens (tertiary/aromatic N) is 3. The summed E-state index contributed by atoms with van der Waals surface area (Å²) < 4.78 is 0. The maximum Gasteiger partial charge on any atom is 0.123 e. The molecule has 0 aromatic rings. The van der Waals surface area contributed by atoms with Gasteiger partial charge in [0, 0.05) is 12.8 Å². The minimum absolute atomic E-state index is 0.410. The summed E-state index contributed by atoms with van der Waals surface area (Å²) in [5, 5.41) is 14.4. The summed E-state index contributed by atoms with van der Waals surface area (Å²) in [6, 6.07) is 2.08. The molecule has 0 N–H and O–H groups in total. The third kappa shape index (κ3) is 1.94. The number of rotatable bonds is 1. The molecule has 0 bridgehead atoms. The number of hydrogen-bond acceptors (Lipinski definition) is 3. The highest BCUT2D eigenvalue weighted by molar-refractivity contribution is 5.61. The zero-order valence-corrected chi connectivity index (χ0v) is 6.99. The van der Waals surface area contributed by atoms with Crippen molar-refractivity contribution >= 4 is 6.21 Å². The molecule has 1 aliphatic rings. The molecule has 0 saturated carbocycles. The lowest BCUT2D eigenvalue weighted by molar-refractivity contribution is 0.236. The molecule has 2 unspecified atom stereocenters. The van der Waals surface area contributed by atoms with E-state index in [0.717, 1.165) is 6.54 Å². The summed E-state index contributed by atoms with van der Waals surface area (Å²) in [7, 11) is 0. The van der Waals surface area contributed by atoms with Crippen molar-refractivity contribution in [3.8, 4) is 6.07 Å². The Bertz CT molecular complexity index is 192. The van der Waals surface area contributed by atoms with Crippen molar-refractivity contribution in [1.82, 2.24) is 5.01 Å². The van der Waals surface area contributed by atoms with E-state index in [1.807, 2.05) is 11.2 Å². The molecule has 3 heteroatoms. The van der Waals surface area contributed by atoms with Gasteiger partial charge in [0.25, 0.3) is 0 Å². The van der Waals surface area contributed by atoms with E-state index in [4.69, 9.17) is 5.26 Å². The fraction of sp³-hybridized carbons (Fsp3) is 0.750. The number of hydrazone groups is 1. The monoisotopic (exact) mass is 151 g/mol. The predicted octanol–water partition coefficient (Wildman–Crippen LogP) is 1.08. The quantitative estimate of drug-likeness (QED) is 0.526. The Morgan fingerprint density at radius 1 is 1.73 bits per heavy atom. The zero-order valence-electron chi connectivity index (χ0n) is 6.99. The fourth-order valence-corrected chi connectivity index (χ4v) is 1.08. The largest absolute Gasteiger partial charge is 0.283 e. The van der Waals surface area contributed by atoms with Gasteiger partial charge in [0.1, 0.15) is 6.54 Å². The Morgan fingerprint density at radius 2 is 2.45 bits per heavy atom. The third-order valence-corrected chi connectivity index (χ3v) is 2.11. The molecule has 0 aromatic heterocycles. The van der Waals surface area contributed by atoms with Gasteiger partial charge in [0.2, 0.25) is 0 Å². The summed E-state index contributed by atoms with van der Waals surface area (Å²) in [6.45, 7) is 5.65. The second kappa shape index (κ2) is 3.38. The van der Waals surface area contributed by atoms with E-state index in [0.29, 0.717) is 18.4 Å². The van der Waals surface area contributed by atoms with E-state index >= 15 is 0 Å². The summed E-state index contributed by atoms with van der Waals surface area (Å²) in [5.74, 6) is 1.16. The van der Waals surface area contributed by atoms with Crippen LogP contribution in [0.25, 0.3) is 0 Å². The average molecular weight is 151 g/mol. The van der Waals surface area contributed by atoms with Crippen molar-refractivity contribution in [2.24, 2.45) is 16.9 Å². The number of nitriles is 1. The van der Waals surface area contributed by atoms with Crippen molar-refractivity contribution in [2.45, 2.75) is 13.8 Å². The van der Waals surface area contributed by atoms with E-state index < -0.39 is 0 Å². The average Bonchev–Trinajstić information content (AvgIpc) is 1.98. The van der Waals surface area contributed by atoms with Crippen molar-refractivity contribution in [2.75, 3.05) is 13.1 Å². The Kier molecular flexibility index (Phi) is 2.48. The zero-order chi connectivity index (χ0) is 8.27. The van der Waals surface area contributed by atoms with Gasteiger partial charge in [-0.2, -0.15) is 10.4 Å². The first-order valence-corrected chi connectivity index (χ1v) is 3.90. The first-order chi connectivity index (χ1) is 5.24. The Hall–Kier alpha value is -1.04. The van der Waals surface area contributed by atoms with Gasteiger partial charge in [0.05, 0.1) is 6.07 Å². The summed E-state index contributed by atoms with van der Waals surface area (Å²) in [4.78, 5) is 0. The molecule has 0 saturated heterocycles. The van der Waals surface area contributed by atoms with Crippen LogP contribution in [0.2, 0.25) is 0 Å². The molecular weight excluding hydrogens is 138 g/mol. The highest BCUT2D eigenvalue weighted by Crippen LogP contribution is 2.15. The van der Waals surface area contributed by atoms with Crippen LogP contribution in [0.4, 0.5) is 0 Å². The first kappa shape index (κ1) is 8.06. The number of hydrogen-bond donors (Lipinski definition) is 0. The minimum atomic E-state index is 0.410. The van der Waals surface area contributed by atoms with E-state index in [2.05, 4.69) is 25.0 Å². The second-order valence-corrected chi connectivity index (χ2v) is 3.11. The predicted molar refractivity (Wildman–Crippen MR) is 44.0 cm³/mol. The molecule has 0 amide bonds. The second-order valence-electron chi connectivity index (χ2n) is 3.11. The van der Waals surface area contributed by atoms with Gasteiger partial charge >= 0.3 is 0 Å². The van der Waals surface area contributed by atoms with Crippen molar-refractivity contribution in [3.63, 3.8) is 0 Å². The molecule has 0 aliphatic carbocycles. The molecule has 1 heterocycles. The van der Waals surface area contributed by atoms with Crippen molar-refractivity contribution < 1.29 is 0 Å². The highest BCUT2D eigenvalue weighted by atomic mass is 15.4. The van der Waals surface area contributed by atoms with Gasteiger partial charge in [-0.15, -0.1) is 0 Å². The molecule has 0 fully saturated rings. The lowest BCUT2D eigenvalue weighted by Gasteiger charge is -2.27. The Morgan fingerprint density at radius 3 is 3.00 bits per heavy atom. The highest BCUT2D eigenvalue weighted by Gasteiger charge is 2.17. The molecule has 11 heavy (non-hydrogen) atoms. The van der Waals surface area contributed by atoms with E-state index in [1.54, 1.807) is 0 Å². The van der Waals surface area contributed by atoms with Crippen LogP contribution in [0.1, 0.15) is 13.8 Å².